The zero-order chi connectivity index (χ0) is 35.4. The van der Waals surface area contributed by atoms with Gasteiger partial charge < -0.3 is 14.0 Å². The van der Waals surface area contributed by atoms with Gasteiger partial charge in [0.05, 0.1) is 12.2 Å². The zero-order valence-electron chi connectivity index (χ0n) is 33.2. The fourth-order valence-corrected chi connectivity index (χ4v) is 11.6. The Morgan fingerprint density at radius 1 is 0.936 bits per heavy atom. The highest BCUT2D eigenvalue weighted by Gasteiger charge is 2.59. The summed E-state index contributed by atoms with van der Waals surface area (Å²) >= 11 is 0. The molecule has 0 aromatic carbocycles. The normalized spacial score (nSPS) is 32.2. The molecule has 0 amide bonds. The molecule has 0 bridgehead atoms. The quantitative estimate of drug-likeness (QED) is 0.150. The fraction of sp³-hybridized carbons (Fsp3) is 0.810. The molecule has 0 spiro atoms. The van der Waals surface area contributed by atoms with Crippen LogP contribution in [-0.4, -0.2) is 39.6 Å². The van der Waals surface area contributed by atoms with Gasteiger partial charge in [-0.1, -0.05) is 117 Å². The second-order valence-corrected chi connectivity index (χ2v) is 28.9. The molecule has 2 saturated carbocycles. The van der Waals surface area contributed by atoms with Gasteiger partial charge >= 0.3 is 0 Å². The average Bonchev–Trinajstić information content (AvgIpc) is 3.31. The topological polar surface area (TPSA) is 38.7 Å². The maximum Gasteiger partial charge on any atom is 0.192 e. The molecule has 4 aliphatic carbocycles. The van der Waals surface area contributed by atoms with Crippen molar-refractivity contribution in [3.63, 3.8) is 0 Å². The van der Waals surface area contributed by atoms with E-state index in [1.807, 2.05) is 13.8 Å². The summed E-state index contributed by atoms with van der Waals surface area (Å²) < 4.78 is 14.7. The van der Waals surface area contributed by atoms with Crippen LogP contribution < -0.4 is 0 Å². The maximum absolute atomic E-state index is 10.6. The Kier molecular flexibility index (Phi) is 11.0. The smallest absolute Gasteiger partial charge is 0.192 e. The van der Waals surface area contributed by atoms with Crippen LogP contribution in [0.2, 0.25) is 36.3 Å². The first-order valence-corrected chi connectivity index (χ1v) is 25.0. The van der Waals surface area contributed by atoms with Crippen LogP contribution in [0.1, 0.15) is 134 Å². The highest BCUT2D eigenvalue weighted by molar-refractivity contribution is 6.74. The van der Waals surface area contributed by atoms with Crippen molar-refractivity contribution >= 4 is 16.6 Å². The number of hydrogen-bond donors (Lipinski definition) is 1. The third kappa shape index (κ3) is 7.30. The van der Waals surface area contributed by atoms with E-state index in [-0.39, 0.29) is 33.1 Å². The molecular formula is C42H72O3Si2. The third-order valence-corrected chi connectivity index (χ3v) is 23.5. The lowest BCUT2D eigenvalue weighted by Crippen LogP contribution is -2.58. The number of allylic oxidation sites excluding steroid dienone is 5. The molecule has 4 rings (SSSR count). The van der Waals surface area contributed by atoms with Gasteiger partial charge in [0.15, 0.2) is 16.6 Å². The van der Waals surface area contributed by atoms with Gasteiger partial charge in [0.1, 0.15) is 5.60 Å². The lowest BCUT2D eigenvalue weighted by molar-refractivity contribution is -0.0389. The molecule has 3 nitrogen and oxygen atoms in total. The minimum absolute atomic E-state index is 0.00747. The van der Waals surface area contributed by atoms with Crippen molar-refractivity contribution in [3.05, 3.63) is 34.9 Å². The molecular weight excluding hydrogens is 609 g/mol. The van der Waals surface area contributed by atoms with Crippen LogP contribution in [0, 0.1) is 40.4 Å². The average molecular weight is 681 g/mol. The predicted octanol–water partition coefficient (Wildman–Crippen LogP) is 11.8. The van der Waals surface area contributed by atoms with Crippen LogP contribution in [0.25, 0.3) is 0 Å². The Hall–Kier alpha value is -0.906. The molecule has 1 N–H and O–H groups in total. The van der Waals surface area contributed by atoms with Crippen LogP contribution in [-0.2, 0) is 8.85 Å². The standard InChI is InChI=1S/C42H72O3Si2/c1-16-42(43,17-2)26-19-18-20-30(3)34-23-24-35-33-22-21-31-28-32(44-46(12,13)38(4,5)6)29-37(45-47(14,15)39(7,8)9)41(31,11)36(33)25-27-40(34,35)10/h21-23,30,32,35-37,43H,16-18,20,24-25,27-29H2,1-15H3/t30?,32-,35+,36+,37+,40-,41+/m1/s1. The number of aliphatic hydroxyl groups is 1. The molecule has 1 unspecified atom stereocenters. The SMILES string of the molecule is CCC(O)(C#CCCC(C)C1=CC[C@H]2C3=CC=C4C[C@@H](O[Si](C)(C)C(C)(C)C)C[C@H](O[Si](C)(C)C(C)(C)C)[C@]4(C)[C@H]3CC[C@]12C)CC. The molecule has 2 fully saturated rings. The summed E-state index contributed by atoms with van der Waals surface area (Å²) in [5, 5.41) is 11.0. The van der Waals surface area contributed by atoms with Gasteiger partial charge in [-0.25, -0.2) is 0 Å². The van der Waals surface area contributed by atoms with Crippen molar-refractivity contribution in [2.75, 3.05) is 0 Å². The van der Waals surface area contributed by atoms with Crippen molar-refractivity contribution in [1.82, 2.24) is 0 Å². The largest absolute Gasteiger partial charge is 0.414 e. The lowest BCUT2D eigenvalue weighted by atomic mass is 9.49. The van der Waals surface area contributed by atoms with Crippen molar-refractivity contribution in [1.29, 1.82) is 0 Å². The van der Waals surface area contributed by atoms with E-state index in [1.165, 1.54) is 12.8 Å². The monoisotopic (exact) mass is 681 g/mol. The minimum atomic E-state index is -2.03. The number of fused-ring (bicyclic) bond motifs is 5. The number of rotatable bonds is 9. The molecule has 5 heteroatoms. The van der Waals surface area contributed by atoms with Gasteiger partial charge in [-0.2, -0.15) is 0 Å². The lowest BCUT2D eigenvalue weighted by Gasteiger charge is -2.59. The third-order valence-electron chi connectivity index (χ3n) is 14.5. The Bertz CT molecular complexity index is 1310. The van der Waals surface area contributed by atoms with E-state index in [0.717, 1.165) is 32.1 Å². The Morgan fingerprint density at radius 2 is 1.53 bits per heavy atom. The first kappa shape index (κ1) is 38.9. The summed E-state index contributed by atoms with van der Waals surface area (Å²) in [5.74, 6) is 8.13. The second kappa shape index (κ2) is 13.3. The van der Waals surface area contributed by atoms with E-state index in [4.69, 9.17) is 8.85 Å². The van der Waals surface area contributed by atoms with E-state index < -0.39 is 22.2 Å². The van der Waals surface area contributed by atoms with Crippen LogP contribution >= 0.6 is 0 Å². The molecule has 4 aliphatic rings. The molecule has 266 valence electrons. The van der Waals surface area contributed by atoms with E-state index in [1.54, 1.807) is 16.7 Å². The molecule has 0 aliphatic heterocycles. The summed E-state index contributed by atoms with van der Waals surface area (Å²) in [6.45, 7) is 35.6. The van der Waals surface area contributed by atoms with Gasteiger partial charge in [0.25, 0.3) is 0 Å². The van der Waals surface area contributed by atoms with Crippen molar-refractivity contribution in [3.8, 4) is 11.8 Å². The molecule has 47 heavy (non-hydrogen) atoms. The van der Waals surface area contributed by atoms with Crippen molar-refractivity contribution in [2.24, 2.45) is 28.6 Å². The van der Waals surface area contributed by atoms with Crippen LogP contribution in [0.3, 0.4) is 0 Å². The van der Waals surface area contributed by atoms with Gasteiger partial charge in [-0.05, 0) is 111 Å². The minimum Gasteiger partial charge on any atom is -0.414 e. The van der Waals surface area contributed by atoms with E-state index in [0.29, 0.717) is 30.6 Å². The second-order valence-electron chi connectivity index (χ2n) is 19.4. The predicted molar refractivity (Wildman–Crippen MR) is 206 cm³/mol. The van der Waals surface area contributed by atoms with Crippen molar-refractivity contribution < 1.29 is 14.0 Å². The summed E-state index contributed by atoms with van der Waals surface area (Å²) in [7, 11) is -3.94. The molecule has 0 aromatic heterocycles. The zero-order valence-corrected chi connectivity index (χ0v) is 35.2. The van der Waals surface area contributed by atoms with Gasteiger partial charge in [0, 0.05) is 11.8 Å². The maximum atomic E-state index is 10.6. The van der Waals surface area contributed by atoms with E-state index >= 15 is 0 Å². The molecule has 0 radical (unpaired) electrons. The van der Waals surface area contributed by atoms with Crippen LogP contribution in [0.4, 0.5) is 0 Å². The Labute approximate surface area is 293 Å². The molecule has 7 atom stereocenters. The first-order valence-electron chi connectivity index (χ1n) is 19.2. The van der Waals surface area contributed by atoms with Gasteiger partial charge in [-0.15, -0.1) is 5.92 Å². The Balaban J connectivity index is 1.62. The molecule has 0 aromatic rings. The summed E-state index contributed by atoms with van der Waals surface area (Å²) in [6.07, 6.45) is 17.0. The van der Waals surface area contributed by atoms with E-state index in [2.05, 4.69) is 119 Å². The van der Waals surface area contributed by atoms with Gasteiger partial charge in [-0.3, -0.25) is 0 Å². The van der Waals surface area contributed by atoms with E-state index in [9.17, 15) is 5.11 Å². The Morgan fingerprint density at radius 3 is 2.11 bits per heavy atom. The first-order chi connectivity index (χ1) is 21.5. The summed E-state index contributed by atoms with van der Waals surface area (Å²) in [4.78, 5) is 0. The van der Waals surface area contributed by atoms with Crippen LogP contribution in [0.15, 0.2) is 34.9 Å². The van der Waals surface area contributed by atoms with Crippen molar-refractivity contribution in [2.45, 2.75) is 188 Å². The fourth-order valence-electron chi connectivity index (χ4n) is 8.87. The summed E-state index contributed by atoms with van der Waals surface area (Å²) in [5.41, 5.74) is 4.31. The highest BCUT2D eigenvalue weighted by atomic mass is 28.4. The molecule has 0 heterocycles. The van der Waals surface area contributed by atoms with Crippen LogP contribution in [0.5, 0.6) is 0 Å². The highest BCUT2D eigenvalue weighted by Crippen LogP contribution is 2.65. The summed E-state index contributed by atoms with van der Waals surface area (Å²) in [6, 6.07) is 0. The number of hydrogen-bond acceptors (Lipinski definition) is 3. The van der Waals surface area contributed by atoms with Gasteiger partial charge in [0.2, 0.25) is 0 Å². The molecule has 0 saturated heterocycles.